The molecule has 2 fully saturated rings. The van der Waals surface area contributed by atoms with E-state index < -0.39 is 0 Å². The molecule has 0 aromatic carbocycles. The Labute approximate surface area is 138 Å². The summed E-state index contributed by atoms with van der Waals surface area (Å²) in [4.78, 5) is 21.4. The minimum atomic E-state index is 0. The molecule has 1 unspecified atom stereocenters. The van der Waals surface area contributed by atoms with Gasteiger partial charge in [0.1, 0.15) is 0 Å². The van der Waals surface area contributed by atoms with Gasteiger partial charge in [-0.25, -0.2) is 0 Å². The van der Waals surface area contributed by atoms with E-state index in [-0.39, 0.29) is 18.3 Å². The Hall–Kier alpha value is -1.17. The SMILES string of the molecule is CCc1cnccc1C(=O)N1CCC(N2CCNCC2)C1.Cl. The zero-order valence-corrected chi connectivity index (χ0v) is 13.9. The highest BCUT2D eigenvalue weighted by molar-refractivity contribution is 5.95. The molecule has 3 heterocycles. The second-order valence-corrected chi connectivity index (χ2v) is 5.87. The Morgan fingerprint density at radius 3 is 2.86 bits per heavy atom. The van der Waals surface area contributed by atoms with Crippen LogP contribution in [0.5, 0.6) is 0 Å². The van der Waals surface area contributed by atoms with Gasteiger partial charge in [0.15, 0.2) is 0 Å². The summed E-state index contributed by atoms with van der Waals surface area (Å²) in [6.45, 7) is 8.14. The highest BCUT2D eigenvalue weighted by atomic mass is 35.5. The highest BCUT2D eigenvalue weighted by Crippen LogP contribution is 2.20. The van der Waals surface area contributed by atoms with Crippen molar-refractivity contribution in [2.75, 3.05) is 39.3 Å². The van der Waals surface area contributed by atoms with Crippen molar-refractivity contribution in [1.82, 2.24) is 20.1 Å². The van der Waals surface area contributed by atoms with Crippen molar-refractivity contribution >= 4 is 18.3 Å². The molecule has 0 aliphatic carbocycles. The van der Waals surface area contributed by atoms with Gasteiger partial charge in [-0.05, 0) is 24.5 Å². The predicted molar refractivity (Wildman–Crippen MR) is 89.6 cm³/mol. The molecule has 0 bridgehead atoms. The van der Waals surface area contributed by atoms with Gasteiger partial charge < -0.3 is 10.2 Å². The normalized spacial score (nSPS) is 22.4. The number of likely N-dealkylation sites (tertiary alicyclic amines) is 1. The molecular weight excluding hydrogens is 300 g/mol. The van der Waals surface area contributed by atoms with Gasteiger partial charge in [0.25, 0.3) is 5.91 Å². The molecule has 3 rings (SSSR count). The fraction of sp³-hybridized carbons (Fsp3) is 0.625. The van der Waals surface area contributed by atoms with Crippen molar-refractivity contribution in [3.8, 4) is 0 Å². The first kappa shape index (κ1) is 17.2. The number of amides is 1. The van der Waals surface area contributed by atoms with Crippen LogP contribution in [0, 0.1) is 0 Å². The molecule has 0 radical (unpaired) electrons. The van der Waals surface area contributed by atoms with Crippen LogP contribution in [-0.2, 0) is 6.42 Å². The van der Waals surface area contributed by atoms with Crippen LogP contribution in [0.2, 0.25) is 0 Å². The smallest absolute Gasteiger partial charge is 0.254 e. The molecular formula is C16H25ClN4O. The first-order valence-electron chi connectivity index (χ1n) is 7.96. The van der Waals surface area contributed by atoms with Crippen LogP contribution in [0.25, 0.3) is 0 Å². The minimum absolute atomic E-state index is 0. The molecule has 2 aliphatic rings. The minimum Gasteiger partial charge on any atom is -0.337 e. The molecule has 22 heavy (non-hydrogen) atoms. The van der Waals surface area contributed by atoms with Gasteiger partial charge in [0, 0.05) is 63.3 Å². The van der Waals surface area contributed by atoms with Gasteiger partial charge in [-0.3, -0.25) is 14.7 Å². The van der Waals surface area contributed by atoms with E-state index in [1.807, 2.05) is 17.2 Å². The number of pyridine rings is 1. The third-order valence-corrected chi connectivity index (χ3v) is 4.63. The topological polar surface area (TPSA) is 48.5 Å². The van der Waals surface area contributed by atoms with Crippen molar-refractivity contribution in [3.63, 3.8) is 0 Å². The maximum absolute atomic E-state index is 12.7. The molecule has 1 aromatic heterocycles. The van der Waals surface area contributed by atoms with Gasteiger partial charge >= 0.3 is 0 Å². The number of carbonyl (C=O) groups excluding carboxylic acids is 1. The molecule has 6 heteroatoms. The Morgan fingerprint density at radius 2 is 2.14 bits per heavy atom. The number of halogens is 1. The van der Waals surface area contributed by atoms with E-state index in [0.29, 0.717) is 6.04 Å². The van der Waals surface area contributed by atoms with Gasteiger partial charge in [-0.15, -0.1) is 12.4 Å². The van der Waals surface area contributed by atoms with Gasteiger partial charge in [0.05, 0.1) is 0 Å². The van der Waals surface area contributed by atoms with Crippen LogP contribution in [0.15, 0.2) is 18.5 Å². The van der Waals surface area contributed by atoms with Crippen molar-refractivity contribution in [2.24, 2.45) is 0 Å². The van der Waals surface area contributed by atoms with Crippen LogP contribution >= 0.6 is 12.4 Å². The number of nitrogens with zero attached hydrogens (tertiary/aromatic N) is 3. The number of rotatable bonds is 3. The summed E-state index contributed by atoms with van der Waals surface area (Å²) in [6, 6.07) is 2.39. The number of nitrogens with one attached hydrogen (secondary N) is 1. The Bertz CT molecular complexity index is 505. The fourth-order valence-corrected chi connectivity index (χ4v) is 3.36. The summed E-state index contributed by atoms with van der Waals surface area (Å²) < 4.78 is 0. The number of hydrogen-bond donors (Lipinski definition) is 1. The van der Waals surface area contributed by atoms with Crippen LogP contribution in [0.3, 0.4) is 0 Å². The van der Waals surface area contributed by atoms with Gasteiger partial charge in [-0.2, -0.15) is 0 Å². The summed E-state index contributed by atoms with van der Waals surface area (Å²) in [5.41, 5.74) is 1.88. The first-order valence-corrected chi connectivity index (χ1v) is 7.96. The van der Waals surface area contributed by atoms with E-state index in [0.717, 1.165) is 63.2 Å². The number of hydrogen-bond acceptors (Lipinski definition) is 4. The number of aryl methyl sites for hydroxylation is 1. The summed E-state index contributed by atoms with van der Waals surface area (Å²) in [7, 11) is 0. The molecule has 1 N–H and O–H groups in total. The average Bonchev–Trinajstić information content (AvgIpc) is 3.05. The van der Waals surface area contributed by atoms with Gasteiger partial charge in [-0.1, -0.05) is 6.92 Å². The molecule has 1 amide bonds. The van der Waals surface area contributed by atoms with Crippen LogP contribution in [0.1, 0.15) is 29.3 Å². The molecule has 1 atom stereocenters. The second-order valence-electron chi connectivity index (χ2n) is 5.87. The zero-order valence-electron chi connectivity index (χ0n) is 13.1. The fourth-order valence-electron chi connectivity index (χ4n) is 3.36. The maximum atomic E-state index is 12.7. The molecule has 1 aromatic rings. The Morgan fingerprint density at radius 1 is 1.36 bits per heavy atom. The van der Waals surface area contributed by atoms with Crippen molar-refractivity contribution in [3.05, 3.63) is 29.6 Å². The number of carbonyl (C=O) groups is 1. The van der Waals surface area contributed by atoms with Crippen molar-refractivity contribution in [1.29, 1.82) is 0 Å². The van der Waals surface area contributed by atoms with Crippen LogP contribution < -0.4 is 5.32 Å². The lowest BCUT2D eigenvalue weighted by molar-refractivity contribution is 0.0772. The van der Waals surface area contributed by atoms with Gasteiger partial charge in [0.2, 0.25) is 0 Å². The molecule has 2 saturated heterocycles. The lowest BCUT2D eigenvalue weighted by Gasteiger charge is -2.32. The molecule has 2 aliphatic heterocycles. The Balaban J connectivity index is 0.00000176. The van der Waals surface area contributed by atoms with E-state index in [9.17, 15) is 4.79 Å². The first-order chi connectivity index (χ1) is 10.3. The number of aromatic nitrogens is 1. The third-order valence-electron chi connectivity index (χ3n) is 4.63. The molecule has 122 valence electrons. The van der Waals surface area contributed by atoms with E-state index in [2.05, 4.69) is 22.1 Å². The van der Waals surface area contributed by atoms with E-state index in [1.54, 1.807) is 6.20 Å². The molecule has 0 saturated carbocycles. The monoisotopic (exact) mass is 324 g/mol. The Kier molecular flexibility index (Phi) is 6.17. The van der Waals surface area contributed by atoms with E-state index in [4.69, 9.17) is 0 Å². The van der Waals surface area contributed by atoms with E-state index in [1.165, 1.54) is 0 Å². The summed E-state index contributed by atoms with van der Waals surface area (Å²) in [5.74, 6) is 0.173. The lowest BCUT2D eigenvalue weighted by Crippen LogP contribution is -2.49. The predicted octanol–water partition coefficient (Wildman–Crippen LogP) is 1.19. The van der Waals surface area contributed by atoms with Crippen LogP contribution in [0.4, 0.5) is 0 Å². The van der Waals surface area contributed by atoms with Crippen molar-refractivity contribution < 1.29 is 4.79 Å². The zero-order chi connectivity index (χ0) is 14.7. The summed E-state index contributed by atoms with van der Waals surface area (Å²) >= 11 is 0. The largest absolute Gasteiger partial charge is 0.337 e. The molecule has 0 spiro atoms. The lowest BCUT2D eigenvalue weighted by atomic mass is 10.1. The molecule has 5 nitrogen and oxygen atoms in total. The third kappa shape index (κ3) is 3.59. The van der Waals surface area contributed by atoms with E-state index >= 15 is 0 Å². The number of piperazine rings is 1. The standard InChI is InChI=1S/C16H24N4O.ClH/c1-2-13-11-18-5-3-15(13)16(21)20-8-4-14(12-20)19-9-6-17-7-10-19;/h3,5,11,14,17H,2,4,6-10,12H2,1H3;1H. The summed E-state index contributed by atoms with van der Waals surface area (Å²) in [5, 5.41) is 3.38. The van der Waals surface area contributed by atoms with Crippen LogP contribution in [-0.4, -0.2) is 66.0 Å². The summed E-state index contributed by atoms with van der Waals surface area (Å²) in [6.07, 6.45) is 5.48. The highest BCUT2D eigenvalue weighted by Gasteiger charge is 2.31. The quantitative estimate of drug-likeness (QED) is 0.907. The average molecular weight is 325 g/mol. The maximum Gasteiger partial charge on any atom is 0.254 e. The second kappa shape index (κ2) is 7.90. The van der Waals surface area contributed by atoms with Crippen molar-refractivity contribution in [2.45, 2.75) is 25.8 Å².